The number of alkyl halides is 5. The summed E-state index contributed by atoms with van der Waals surface area (Å²) in [5.41, 5.74) is -0.789. The SMILES string of the molecule is FC(F)(F)C(F)(F)c1ccc2nc(N3CCNCC3)c3nnnn3c2c1. The fraction of sp³-hybridized carbons (Fsp3) is 0.429. The number of aromatic nitrogens is 5. The van der Waals surface area contributed by atoms with Crippen LogP contribution in [0.4, 0.5) is 27.8 Å². The van der Waals surface area contributed by atoms with Crippen LogP contribution in [0.2, 0.25) is 0 Å². The summed E-state index contributed by atoms with van der Waals surface area (Å²) in [5, 5.41) is 14.3. The van der Waals surface area contributed by atoms with Crippen LogP contribution in [0.1, 0.15) is 5.56 Å². The number of piperazine rings is 1. The number of hydrogen-bond donors (Lipinski definition) is 1. The number of fused-ring (bicyclic) bond motifs is 3. The average Bonchev–Trinajstić information content (AvgIpc) is 3.10. The van der Waals surface area contributed by atoms with E-state index in [1.54, 1.807) is 0 Å². The highest BCUT2D eigenvalue weighted by atomic mass is 19.4. The van der Waals surface area contributed by atoms with Gasteiger partial charge in [-0.3, -0.25) is 0 Å². The van der Waals surface area contributed by atoms with E-state index in [0.717, 1.165) is 35.8 Å². The van der Waals surface area contributed by atoms with E-state index in [4.69, 9.17) is 0 Å². The van der Waals surface area contributed by atoms with Crippen LogP contribution in [0.3, 0.4) is 0 Å². The Morgan fingerprint density at radius 1 is 1.04 bits per heavy atom. The molecule has 1 N–H and O–H groups in total. The van der Waals surface area contributed by atoms with Crippen molar-refractivity contribution < 1.29 is 22.0 Å². The van der Waals surface area contributed by atoms with Crippen LogP contribution in [-0.4, -0.2) is 57.4 Å². The summed E-state index contributed by atoms with van der Waals surface area (Å²) in [7, 11) is 0. The van der Waals surface area contributed by atoms with Crippen molar-refractivity contribution in [1.82, 2.24) is 30.3 Å². The quantitative estimate of drug-likeness (QED) is 0.690. The zero-order valence-electron chi connectivity index (χ0n) is 13.1. The van der Waals surface area contributed by atoms with E-state index in [0.29, 0.717) is 18.9 Å². The van der Waals surface area contributed by atoms with E-state index in [1.165, 1.54) is 0 Å². The minimum atomic E-state index is -5.70. The first kappa shape index (κ1) is 16.8. The summed E-state index contributed by atoms with van der Waals surface area (Å²) < 4.78 is 66.4. The van der Waals surface area contributed by atoms with Crippen LogP contribution in [0, 0.1) is 0 Å². The van der Waals surface area contributed by atoms with Crippen LogP contribution in [0.25, 0.3) is 16.7 Å². The Morgan fingerprint density at radius 3 is 2.46 bits per heavy atom. The molecule has 0 spiro atoms. The van der Waals surface area contributed by atoms with Gasteiger partial charge in [0, 0.05) is 31.7 Å². The van der Waals surface area contributed by atoms with Crippen LogP contribution >= 0.6 is 0 Å². The third kappa shape index (κ3) is 2.52. The summed E-state index contributed by atoms with van der Waals surface area (Å²) >= 11 is 0. The van der Waals surface area contributed by atoms with Gasteiger partial charge in [0.1, 0.15) is 0 Å². The van der Waals surface area contributed by atoms with E-state index in [2.05, 4.69) is 25.8 Å². The average molecular weight is 373 g/mol. The van der Waals surface area contributed by atoms with Gasteiger partial charge in [-0.15, -0.1) is 5.10 Å². The maximum absolute atomic E-state index is 13.7. The lowest BCUT2D eigenvalue weighted by atomic mass is 10.1. The van der Waals surface area contributed by atoms with Gasteiger partial charge < -0.3 is 10.2 Å². The second-order valence-electron chi connectivity index (χ2n) is 5.86. The van der Waals surface area contributed by atoms with Crippen molar-refractivity contribution in [2.75, 3.05) is 31.1 Å². The molecular weight excluding hydrogens is 361 g/mol. The summed E-state index contributed by atoms with van der Waals surface area (Å²) in [4.78, 5) is 6.32. The number of halogens is 5. The third-order valence-electron chi connectivity index (χ3n) is 4.23. The monoisotopic (exact) mass is 373 g/mol. The highest BCUT2D eigenvalue weighted by Gasteiger charge is 2.58. The Bertz CT molecular complexity index is 961. The number of anilines is 1. The Balaban J connectivity index is 1.90. The molecule has 0 radical (unpaired) electrons. The lowest BCUT2D eigenvalue weighted by Crippen LogP contribution is -2.44. The maximum Gasteiger partial charge on any atom is 0.458 e. The van der Waals surface area contributed by atoms with E-state index in [1.807, 2.05) is 4.90 Å². The Hall–Kier alpha value is -2.63. The van der Waals surface area contributed by atoms with Crippen LogP contribution in [0.5, 0.6) is 0 Å². The first-order valence-electron chi connectivity index (χ1n) is 7.71. The Labute approximate surface area is 142 Å². The molecule has 0 atom stereocenters. The van der Waals surface area contributed by atoms with Crippen LogP contribution < -0.4 is 10.2 Å². The minimum Gasteiger partial charge on any atom is -0.351 e. The molecule has 3 aromatic rings. The van der Waals surface area contributed by atoms with Gasteiger partial charge in [-0.25, -0.2) is 4.98 Å². The third-order valence-corrected chi connectivity index (χ3v) is 4.23. The number of benzene rings is 1. The molecule has 1 fully saturated rings. The van der Waals surface area contributed by atoms with E-state index < -0.39 is 17.7 Å². The molecule has 0 aliphatic carbocycles. The van der Waals surface area contributed by atoms with Crippen molar-refractivity contribution in [3.05, 3.63) is 23.8 Å². The van der Waals surface area contributed by atoms with Crippen molar-refractivity contribution in [2.45, 2.75) is 12.1 Å². The number of nitrogens with one attached hydrogen (secondary N) is 1. The van der Waals surface area contributed by atoms with E-state index >= 15 is 0 Å². The Kier molecular flexibility index (Phi) is 3.68. The van der Waals surface area contributed by atoms with Gasteiger partial charge in [-0.05, 0) is 22.6 Å². The maximum atomic E-state index is 13.7. The van der Waals surface area contributed by atoms with Crippen molar-refractivity contribution in [2.24, 2.45) is 0 Å². The largest absolute Gasteiger partial charge is 0.458 e. The first-order chi connectivity index (χ1) is 12.3. The zero-order valence-corrected chi connectivity index (χ0v) is 13.1. The second kappa shape index (κ2) is 5.69. The number of rotatable bonds is 2. The summed E-state index contributed by atoms with van der Waals surface area (Å²) in [6, 6.07) is 2.57. The van der Waals surface area contributed by atoms with Crippen molar-refractivity contribution in [3.63, 3.8) is 0 Å². The molecule has 3 heterocycles. The molecule has 1 aromatic carbocycles. The molecule has 138 valence electrons. The zero-order chi connectivity index (χ0) is 18.5. The summed E-state index contributed by atoms with van der Waals surface area (Å²) in [5.74, 6) is -4.53. The van der Waals surface area contributed by atoms with Crippen LogP contribution in [-0.2, 0) is 5.92 Å². The first-order valence-corrected chi connectivity index (χ1v) is 7.71. The normalized spacial score (nSPS) is 16.6. The molecule has 0 bridgehead atoms. The highest BCUT2D eigenvalue weighted by Crippen LogP contribution is 2.44. The molecule has 1 aliphatic heterocycles. The fourth-order valence-corrected chi connectivity index (χ4v) is 2.89. The van der Waals surface area contributed by atoms with Gasteiger partial charge in [0.25, 0.3) is 0 Å². The van der Waals surface area contributed by atoms with E-state index in [-0.39, 0.29) is 16.7 Å². The predicted octanol–water partition coefficient (Wildman–Crippen LogP) is 1.74. The summed E-state index contributed by atoms with van der Waals surface area (Å²) in [6.45, 7) is 2.74. The van der Waals surface area contributed by atoms with Gasteiger partial charge in [0.05, 0.1) is 11.0 Å². The van der Waals surface area contributed by atoms with Crippen molar-refractivity contribution in [3.8, 4) is 0 Å². The molecule has 0 amide bonds. The summed E-state index contributed by atoms with van der Waals surface area (Å²) in [6.07, 6.45) is -5.70. The molecule has 2 aromatic heterocycles. The molecule has 0 saturated carbocycles. The van der Waals surface area contributed by atoms with Gasteiger partial charge >= 0.3 is 12.1 Å². The molecule has 26 heavy (non-hydrogen) atoms. The van der Waals surface area contributed by atoms with Gasteiger partial charge in [-0.1, -0.05) is 6.07 Å². The lowest BCUT2D eigenvalue weighted by Gasteiger charge is -2.28. The second-order valence-corrected chi connectivity index (χ2v) is 5.86. The van der Waals surface area contributed by atoms with Crippen molar-refractivity contribution >= 4 is 22.5 Å². The molecule has 1 aliphatic rings. The van der Waals surface area contributed by atoms with Gasteiger partial charge in [-0.2, -0.15) is 26.5 Å². The van der Waals surface area contributed by atoms with Crippen LogP contribution in [0.15, 0.2) is 18.2 Å². The minimum absolute atomic E-state index is 0.0229. The molecule has 12 heteroatoms. The smallest absolute Gasteiger partial charge is 0.351 e. The topological polar surface area (TPSA) is 71.2 Å². The fourth-order valence-electron chi connectivity index (χ4n) is 2.89. The Morgan fingerprint density at radius 2 is 1.77 bits per heavy atom. The standard InChI is InChI=1S/C14H12F5N7/c15-13(16,14(17,18)19)8-1-2-9-10(7-8)26-12(22-23-24-26)11(21-9)25-5-3-20-4-6-25/h1-2,7,20H,3-6H2. The number of hydrogen-bond acceptors (Lipinski definition) is 6. The molecule has 4 rings (SSSR count). The van der Waals surface area contributed by atoms with Gasteiger partial charge in [0.15, 0.2) is 5.82 Å². The molecule has 7 nitrogen and oxygen atoms in total. The van der Waals surface area contributed by atoms with E-state index in [9.17, 15) is 22.0 Å². The molecule has 1 saturated heterocycles. The number of nitrogens with zero attached hydrogens (tertiary/aromatic N) is 6. The molecule has 0 unspecified atom stereocenters. The molecular formula is C14H12F5N7. The predicted molar refractivity (Wildman–Crippen MR) is 81.1 cm³/mol. The lowest BCUT2D eigenvalue weighted by molar-refractivity contribution is -0.289. The van der Waals surface area contributed by atoms with Gasteiger partial charge in [0.2, 0.25) is 5.65 Å². The highest BCUT2D eigenvalue weighted by molar-refractivity contribution is 5.83. The van der Waals surface area contributed by atoms with Crippen molar-refractivity contribution in [1.29, 1.82) is 0 Å². The number of tetrazole rings is 1.